The van der Waals surface area contributed by atoms with Crippen LogP contribution in [0.15, 0.2) is 18.3 Å². The number of aliphatic hydroxyl groups excluding tert-OH is 1. The summed E-state index contributed by atoms with van der Waals surface area (Å²) in [6.07, 6.45) is 2.70. The topological polar surface area (TPSA) is 103 Å². The first-order valence-electron chi connectivity index (χ1n) is 7.61. The Balaban J connectivity index is 2.02. The third-order valence-electron chi connectivity index (χ3n) is 3.74. The van der Waals surface area contributed by atoms with Gasteiger partial charge in [-0.3, -0.25) is 9.78 Å². The highest BCUT2D eigenvalue weighted by atomic mass is 35.5. The number of rotatable bonds is 5. The molecular formula is C16H20ClN3O4. The van der Waals surface area contributed by atoms with Crippen molar-refractivity contribution in [2.75, 3.05) is 19.6 Å². The number of nitrogens with one attached hydrogen (secondary N) is 1. The number of amides is 2. The van der Waals surface area contributed by atoms with E-state index in [9.17, 15) is 14.7 Å². The van der Waals surface area contributed by atoms with Crippen LogP contribution < -0.4 is 5.32 Å². The number of hydrogen-bond donors (Lipinski definition) is 3. The van der Waals surface area contributed by atoms with Gasteiger partial charge in [-0.2, -0.15) is 0 Å². The lowest BCUT2D eigenvalue weighted by atomic mass is 10.0. The monoisotopic (exact) mass is 353 g/mol. The zero-order valence-electron chi connectivity index (χ0n) is 13.3. The van der Waals surface area contributed by atoms with Crippen LogP contribution >= 0.6 is 11.6 Å². The molecule has 0 fully saturated rings. The molecule has 0 aliphatic carbocycles. The predicted octanol–water partition coefficient (Wildman–Crippen LogP) is 1.54. The molecule has 1 aliphatic heterocycles. The normalized spacial score (nSPS) is 15.6. The maximum absolute atomic E-state index is 10.9. The molecule has 3 N–H and O–H groups in total. The molecule has 7 nitrogen and oxygen atoms in total. The number of nitrogens with zero attached hydrogens (tertiary/aromatic N) is 2. The molecule has 0 saturated heterocycles. The number of carbonyl (C=O) groups excluding carboxylic acids is 1. The molecule has 8 heteroatoms. The minimum atomic E-state index is -0.937. The summed E-state index contributed by atoms with van der Waals surface area (Å²) >= 11 is 6.29. The van der Waals surface area contributed by atoms with Gasteiger partial charge in [0.15, 0.2) is 0 Å². The third-order valence-corrected chi connectivity index (χ3v) is 4.03. The molecule has 0 saturated carbocycles. The molecule has 0 unspecified atom stereocenters. The lowest BCUT2D eigenvalue weighted by Gasteiger charge is -2.23. The van der Waals surface area contributed by atoms with Crippen LogP contribution in [0.25, 0.3) is 5.57 Å². The van der Waals surface area contributed by atoms with Crippen LogP contribution in [0.2, 0.25) is 5.02 Å². The number of halogens is 1. The van der Waals surface area contributed by atoms with Crippen LogP contribution in [0.1, 0.15) is 24.6 Å². The highest BCUT2D eigenvalue weighted by Gasteiger charge is 2.19. The molecule has 0 radical (unpaired) electrons. The van der Waals surface area contributed by atoms with Crippen molar-refractivity contribution in [1.82, 2.24) is 15.2 Å². The standard InChI is InChI=1S/C16H20ClN3O4/c1-10(21)18-9-13(22)6-11-7-14(17)15(19-8-11)12-2-4-20(5-3-12)16(23)24/h2,7-8,13,22H,3-6,9H2,1H3,(H,18,21)(H,23,24)/t13-/m0/s1. The molecule has 2 heterocycles. The maximum atomic E-state index is 10.9. The molecule has 0 aromatic carbocycles. The van der Waals surface area contributed by atoms with Gasteiger partial charge in [0.2, 0.25) is 5.91 Å². The third kappa shape index (κ3) is 4.94. The summed E-state index contributed by atoms with van der Waals surface area (Å²) < 4.78 is 0. The fourth-order valence-electron chi connectivity index (χ4n) is 2.49. The number of aliphatic hydroxyl groups is 1. The fourth-order valence-corrected chi connectivity index (χ4v) is 2.80. The Morgan fingerprint density at radius 1 is 1.50 bits per heavy atom. The predicted molar refractivity (Wildman–Crippen MR) is 89.8 cm³/mol. The van der Waals surface area contributed by atoms with E-state index in [1.807, 2.05) is 6.08 Å². The number of pyridine rings is 1. The highest BCUT2D eigenvalue weighted by Crippen LogP contribution is 2.27. The van der Waals surface area contributed by atoms with Gasteiger partial charge in [0.05, 0.1) is 16.8 Å². The van der Waals surface area contributed by atoms with Crippen molar-refractivity contribution in [1.29, 1.82) is 0 Å². The Bertz CT molecular complexity index is 663. The van der Waals surface area contributed by atoms with Crippen molar-refractivity contribution >= 4 is 29.2 Å². The second kappa shape index (κ2) is 8.12. The van der Waals surface area contributed by atoms with Crippen molar-refractivity contribution in [3.63, 3.8) is 0 Å². The van der Waals surface area contributed by atoms with E-state index >= 15 is 0 Å². The van der Waals surface area contributed by atoms with Crippen molar-refractivity contribution in [3.05, 3.63) is 34.6 Å². The van der Waals surface area contributed by atoms with Crippen LogP contribution in [0.5, 0.6) is 0 Å². The highest BCUT2D eigenvalue weighted by molar-refractivity contribution is 6.32. The van der Waals surface area contributed by atoms with E-state index in [1.165, 1.54) is 11.8 Å². The van der Waals surface area contributed by atoms with Gasteiger partial charge < -0.3 is 20.4 Å². The Kier molecular flexibility index (Phi) is 6.16. The Morgan fingerprint density at radius 2 is 2.25 bits per heavy atom. The number of aromatic nitrogens is 1. The summed E-state index contributed by atoms with van der Waals surface area (Å²) in [5, 5.41) is 21.9. The average Bonchev–Trinajstić information content (AvgIpc) is 2.53. The molecule has 1 atom stereocenters. The van der Waals surface area contributed by atoms with Gasteiger partial charge >= 0.3 is 6.09 Å². The molecule has 2 amide bonds. The smallest absolute Gasteiger partial charge is 0.407 e. The van der Waals surface area contributed by atoms with E-state index in [-0.39, 0.29) is 12.5 Å². The van der Waals surface area contributed by atoms with Gasteiger partial charge in [-0.15, -0.1) is 0 Å². The van der Waals surface area contributed by atoms with Crippen LogP contribution in [-0.2, 0) is 11.2 Å². The fraction of sp³-hybridized carbons (Fsp3) is 0.438. The SMILES string of the molecule is CC(=O)NC[C@@H](O)Cc1cnc(C2=CCN(C(=O)O)CC2)c(Cl)c1. The van der Waals surface area contributed by atoms with E-state index < -0.39 is 12.2 Å². The number of carbonyl (C=O) groups is 2. The summed E-state index contributed by atoms with van der Waals surface area (Å²) in [5.41, 5.74) is 2.33. The summed E-state index contributed by atoms with van der Waals surface area (Å²) in [4.78, 5) is 27.4. The first-order chi connectivity index (χ1) is 11.4. The van der Waals surface area contributed by atoms with Crippen molar-refractivity contribution in [3.8, 4) is 0 Å². The van der Waals surface area contributed by atoms with Crippen LogP contribution in [-0.4, -0.2) is 57.8 Å². The lowest BCUT2D eigenvalue weighted by Crippen LogP contribution is -2.33. The molecule has 24 heavy (non-hydrogen) atoms. The van der Waals surface area contributed by atoms with E-state index in [1.54, 1.807) is 12.3 Å². The molecule has 130 valence electrons. The molecule has 0 bridgehead atoms. The lowest BCUT2D eigenvalue weighted by molar-refractivity contribution is -0.119. The second-order valence-corrected chi connectivity index (χ2v) is 6.08. The quantitative estimate of drug-likeness (QED) is 0.745. The Morgan fingerprint density at radius 3 is 2.79 bits per heavy atom. The zero-order chi connectivity index (χ0) is 17.7. The molecule has 2 rings (SSSR count). The minimum Gasteiger partial charge on any atom is -0.465 e. The molecule has 1 aromatic rings. The Hall–Kier alpha value is -2.12. The van der Waals surface area contributed by atoms with Crippen molar-refractivity contribution < 1.29 is 19.8 Å². The summed E-state index contributed by atoms with van der Waals surface area (Å²) in [6, 6.07) is 1.74. The molecule has 0 spiro atoms. The van der Waals surface area contributed by atoms with Crippen LogP contribution in [0.3, 0.4) is 0 Å². The van der Waals surface area contributed by atoms with Crippen LogP contribution in [0, 0.1) is 0 Å². The van der Waals surface area contributed by atoms with Crippen molar-refractivity contribution in [2.45, 2.75) is 25.9 Å². The van der Waals surface area contributed by atoms with E-state index in [0.29, 0.717) is 36.6 Å². The van der Waals surface area contributed by atoms with Gasteiger partial charge in [-0.1, -0.05) is 17.7 Å². The van der Waals surface area contributed by atoms with Gasteiger partial charge in [0, 0.05) is 39.2 Å². The van der Waals surface area contributed by atoms with Crippen LogP contribution in [0.4, 0.5) is 4.79 Å². The second-order valence-electron chi connectivity index (χ2n) is 5.68. The van der Waals surface area contributed by atoms with Gasteiger partial charge in [0.25, 0.3) is 0 Å². The van der Waals surface area contributed by atoms with Gasteiger partial charge in [-0.25, -0.2) is 4.79 Å². The van der Waals surface area contributed by atoms with E-state index in [2.05, 4.69) is 10.3 Å². The summed E-state index contributed by atoms with van der Waals surface area (Å²) in [5.74, 6) is -0.194. The van der Waals surface area contributed by atoms with Gasteiger partial charge in [0.1, 0.15) is 0 Å². The number of carboxylic acid groups (broad SMARTS) is 1. The summed E-state index contributed by atoms with van der Waals surface area (Å²) in [6.45, 7) is 2.30. The average molecular weight is 354 g/mol. The maximum Gasteiger partial charge on any atom is 0.407 e. The zero-order valence-corrected chi connectivity index (χ0v) is 14.1. The van der Waals surface area contributed by atoms with E-state index in [0.717, 1.165) is 11.1 Å². The van der Waals surface area contributed by atoms with Crippen molar-refractivity contribution in [2.24, 2.45) is 0 Å². The first-order valence-corrected chi connectivity index (χ1v) is 7.98. The largest absolute Gasteiger partial charge is 0.465 e. The number of hydrogen-bond acceptors (Lipinski definition) is 4. The summed E-state index contributed by atoms with van der Waals surface area (Å²) in [7, 11) is 0. The van der Waals surface area contributed by atoms with Gasteiger partial charge in [-0.05, 0) is 23.6 Å². The minimum absolute atomic E-state index is 0.172. The van der Waals surface area contributed by atoms with E-state index in [4.69, 9.17) is 16.7 Å². The first kappa shape index (κ1) is 18.2. The molecular weight excluding hydrogens is 334 g/mol. The molecule has 1 aliphatic rings. The Labute approximate surface area is 144 Å². The molecule has 1 aromatic heterocycles.